The summed E-state index contributed by atoms with van der Waals surface area (Å²) in [7, 11) is -3.65. The van der Waals surface area contributed by atoms with Gasteiger partial charge in [0.1, 0.15) is 0 Å². The van der Waals surface area contributed by atoms with Gasteiger partial charge in [0.05, 0.1) is 4.90 Å². The SMILES string of the molecule is CC1CCN(C(=O)c2ccc(NS(=O)(=O)c3ccccc3)cc2)C(CN)C1.Cl. The number of nitrogens with zero attached hydrogens (tertiary/aromatic N) is 1. The highest BCUT2D eigenvalue weighted by Crippen LogP contribution is 2.24. The zero-order chi connectivity index (χ0) is 19.4. The van der Waals surface area contributed by atoms with E-state index in [2.05, 4.69) is 11.6 Å². The minimum absolute atomic E-state index is 0. The van der Waals surface area contributed by atoms with Gasteiger partial charge in [-0.2, -0.15) is 0 Å². The van der Waals surface area contributed by atoms with Gasteiger partial charge in [-0.15, -0.1) is 12.4 Å². The van der Waals surface area contributed by atoms with Crippen LogP contribution in [0, 0.1) is 5.92 Å². The van der Waals surface area contributed by atoms with E-state index in [-0.39, 0.29) is 29.3 Å². The minimum atomic E-state index is -3.65. The quantitative estimate of drug-likeness (QED) is 0.772. The summed E-state index contributed by atoms with van der Waals surface area (Å²) in [5, 5.41) is 0. The van der Waals surface area contributed by atoms with E-state index in [0.29, 0.717) is 30.3 Å². The fourth-order valence-corrected chi connectivity index (χ4v) is 4.48. The zero-order valence-electron chi connectivity index (χ0n) is 15.7. The van der Waals surface area contributed by atoms with Crippen molar-refractivity contribution in [3.8, 4) is 0 Å². The van der Waals surface area contributed by atoms with E-state index >= 15 is 0 Å². The fourth-order valence-electron chi connectivity index (χ4n) is 3.40. The number of piperidine rings is 1. The van der Waals surface area contributed by atoms with Crippen LogP contribution in [0.1, 0.15) is 30.1 Å². The number of rotatable bonds is 5. The summed E-state index contributed by atoms with van der Waals surface area (Å²) in [5.41, 5.74) is 6.80. The van der Waals surface area contributed by atoms with E-state index < -0.39 is 10.0 Å². The van der Waals surface area contributed by atoms with Gasteiger partial charge in [-0.05, 0) is 55.2 Å². The van der Waals surface area contributed by atoms with Crippen LogP contribution in [0.15, 0.2) is 59.5 Å². The van der Waals surface area contributed by atoms with E-state index in [0.717, 1.165) is 12.8 Å². The maximum Gasteiger partial charge on any atom is 0.261 e. The third-order valence-electron chi connectivity index (χ3n) is 4.95. The third-order valence-corrected chi connectivity index (χ3v) is 6.35. The van der Waals surface area contributed by atoms with Gasteiger partial charge in [-0.1, -0.05) is 25.1 Å². The lowest BCUT2D eigenvalue weighted by Gasteiger charge is -2.38. The Morgan fingerprint density at radius 2 is 1.79 bits per heavy atom. The molecule has 2 unspecified atom stereocenters. The molecule has 0 bridgehead atoms. The first-order chi connectivity index (χ1) is 12.9. The van der Waals surface area contributed by atoms with Crippen molar-refractivity contribution in [3.63, 3.8) is 0 Å². The lowest BCUT2D eigenvalue weighted by atomic mass is 9.92. The Morgan fingerprint density at radius 1 is 1.14 bits per heavy atom. The summed E-state index contributed by atoms with van der Waals surface area (Å²) in [6.07, 6.45) is 1.88. The summed E-state index contributed by atoms with van der Waals surface area (Å²) in [5.74, 6) is 0.507. The predicted octanol–water partition coefficient (Wildman–Crippen LogP) is 3.11. The van der Waals surface area contributed by atoms with E-state index in [9.17, 15) is 13.2 Å². The Morgan fingerprint density at radius 3 is 2.39 bits per heavy atom. The summed E-state index contributed by atoms with van der Waals surface area (Å²) < 4.78 is 27.3. The molecule has 1 aliphatic rings. The van der Waals surface area contributed by atoms with E-state index in [1.165, 1.54) is 12.1 Å². The van der Waals surface area contributed by atoms with Crippen LogP contribution in [0.4, 0.5) is 5.69 Å². The fraction of sp³-hybridized carbons (Fsp3) is 0.350. The molecule has 28 heavy (non-hydrogen) atoms. The smallest absolute Gasteiger partial charge is 0.261 e. The molecule has 0 saturated carbocycles. The van der Waals surface area contributed by atoms with Crippen molar-refractivity contribution in [2.45, 2.75) is 30.7 Å². The second kappa shape index (κ2) is 9.41. The van der Waals surface area contributed by atoms with E-state index in [1.54, 1.807) is 42.5 Å². The Balaban J connectivity index is 0.00000280. The minimum Gasteiger partial charge on any atom is -0.334 e. The molecule has 0 spiro atoms. The number of likely N-dealkylation sites (tertiary alicyclic amines) is 1. The van der Waals surface area contributed by atoms with Gasteiger partial charge in [0, 0.05) is 30.4 Å². The first kappa shape index (κ1) is 22.2. The average Bonchev–Trinajstić information content (AvgIpc) is 2.68. The number of hydrogen-bond acceptors (Lipinski definition) is 4. The number of nitrogens with one attached hydrogen (secondary N) is 1. The highest BCUT2D eigenvalue weighted by Gasteiger charge is 2.29. The number of benzene rings is 2. The molecule has 2 atom stereocenters. The van der Waals surface area contributed by atoms with Crippen LogP contribution in [-0.4, -0.2) is 38.4 Å². The van der Waals surface area contributed by atoms with E-state index in [4.69, 9.17) is 5.73 Å². The molecule has 2 aromatic rings. The van der Waals surface area contributed by atoms with Crippen LogP contribution in [0.25, 0.3) is 0 Å². The van der Waals surface area contributed by atoms with Crippen molar-refractivity contribution in [1.82, 2.24) is 4.90 Å². The lowest BCUT2D eigenvalue weighted by molar-refractivity contribution is 0.0573. The Kier molecular flexibility index (Phi) is 7.46. The second-order valence-electron chi connectivity index (χ2n) is 7.01. The van der Waals surface area contributed by atoms with Crippen LogP contribution >= 0.6 is 12.4 Å². The summed E-state index contributed by atoms with van der Waals surface area (Å²) in [6.45, 7) is 3.33. The van der Waals surface area contributed by atoms with Crippen LogP contribution in [-0.2, 0) is 10.0 Å². The highest BCUT2D eigenvalue weighted by molar-refractivity contribution is 7.92. The van der Waals surface area contributed by atoms with Crippen molar-refractivity contribution in [2.24, 2.45) is 11.7 Å². The molecule has 6 nitrogen and oxygen atoms in total. The Labute approximate surface area is 172 Å². The molecule has 0 aromatic heterocycles. The maximum absolute atomic E-state index is 12.8. The number of anilines is 1. The molecule has 0 aliphatic carbocycles. The molecule has 1 heterocycles. The lowest BCUT2D eigenvalue weighted by Crippen LogP contribution is -2.49. The third kappa shape index (κ3) is 5.04. The van der Waals surface area contributed by atoms with Crippen molar-refractivity contribution >= 4 is 34.0 Å². The first-order valence-electron chi connectivity index (χ1n) is 9.09. The number of halogens is 1. The van der Waals surface area contributed by atoms with Gasteiger partial charge < -0.3 is 10.6 Å². The molecule has 152 valence electrons. The number of nitrogens with two attached hydrogens (primary N) is 1. The molecular formula is C20H26ClN3O3S. The standard InChI is InChI=1S/C20H25N3O3S.ClH/c1-15-11-12-23(18(13-15)14-21)20(24)16-7-9-17(10-8-16)22-27(25,26)19-5-3-2-4-6-19;/h2-10,15,18,22H,11-14,21H2,1H3;1H. The summed E-state index contributed by atoms with van der Waals surface area (Å²) in [6, 6.07) is 14.7. The van der Waals surface area contributed by atoms with Gasteiger partial charge in [0.2, 0.25) is 0 Å². The van der Waals surface area contributed by atoms with Crippen LogP contribution in [0.3, 0.4) is 0 Å². The molecule has 2 aromatic carbocycles. The summed E-state index contributed by atoms with van der Waals surface area (Å²) >= 11 is 0. The van der Waals surface area contributed by atoms with Crippen molar-refractivity contribution in [3.05, 3.63) is 60.2 Å². The second-order valence-corrected chi connectivity index (χ2v) is 8.70. The van der Waals surface area contributed by atoms with Crippen LogP contribution in [0.5, 0.6) is 0 Å². The molecule has 1 fully saturated rings. The van der Waals surface area contributed by atoms with Crippen molar-refractivity contribution < 1.29 is 13.2 Å². The first-order valence-corrected chi connectivity index (χ1v) is 10.6. The molecule has 1 saturated heterocycles. The number of carbonyl (C=O) groups excluding carboxylic acids is 1. The number of amides is 1. The highest BCUT2D eigenvalue weighted by atomic mass is 35.5. The molecular weight excluding hydrogens is 398 g/mol. The average molecular weight is 424 g/mol. The number of hydrogen-bond donors (Lipinski definition) is 2. The zero-order valence-corrected chi connectivity index (χ0v) is 17.4. The van der Waals surface area contributed by atoms with Crippen molar-refractivity contribution in [1.29, 1.82) is 0 Å². The van der Waals surface area contributed by atoms with E-state index in [1.807, 2.05) is 4.90 Å². The van der Waals surface area contributed by atoms with Gasteiger partial charge in [0.15, 0.2) is 0 Å². The molecule has 1 amide bonds. The summed E-state index contributed by atoms with van der Waals surface area (Å²) in [4.78, 5) is 14.9. The monoisotopic (exact) mass is 423 g/mol. The molecule has 3 rings (SSSR count). The van der Waals surface area contributed by atoms with Crippen LogP contribution in [0.2, 0.25) is 0 Å². The normalized spacial score (nSPS) is 19.6. The molecule has 8 heteroatoms. The Bertz CT molecular complexity index is 889. The molecule has 1 aliphatic heterocycles. The van der Waals surface area contributed by atoms with Gasteiger partial charge >= 0.3 is 0 Å². The Hall–Kier alpha value is -2.09. The van der Waals surface area contributed by atoms with Gasteiger partial charge in [-0.25, -0.2) is 8.42 Å². The van der Waals surface area contributed by atoms with Gasteiger partial charge in [0.25, 0.3) is 15.9 Å². The molecule has 3 N–H and O–H groups in total. The maximum atomic E-state index is 12.8. The number of carbonyl (C=O) groups is 1. The topological polar surface area (TPSA) is 92.5 Å². The molecule has 0 radical (unpaired) electrons. The predicted molar refractivity (Wildman–Crippen MR) is 113 cm³/mol. The van der Waals surface area contributed by atoms with Gasteiger partial charge in [-0.3, -0.25) is 9.52 Å². The largest absolute Gasteiger partial charge is 0.334 e. The van der Waals surface area contributed by atoms with Crippen molar-refractivity contribution in [2.75, 3.05) is 17.8 Å². The van der Waals surface area contributed by atoms with Crippen LogP contribution < -0.4 is 10.5 Å². The number of sulfonamides is 1.